The fourth-order valence-electron chi connectivity index (χ4n) is 4.03. The molecular weight excluding hydrogens is 470 g/mol. The number of nitrogens with one attached hydrogen (secondary N) is 1. The molecule has 0 radical (unpaired) electrons. The SMILES string of the molecule is CCN1CCN(c2ccc(NC(=O)CCn3cnc4ccc(Br)cc4c3=O)c(C)c2)CC1. The molecule has 1 amide bonds. The Kier molecular flexibility index (Phi) is 6.91. The summed E-state index contributed by atoms with van der Waals surface area (Å²) >= 11 is 3.39. The summed E-state index contributed by atoms with van der Waals surface area (Å²) in [6.07, 6.45) is 1.70. The second-order valence-corrected chi connectivity index (χ2v) is 9.04. The van der Waals surface area contributed by atoms with Crippen LogP contribution in [-0.4, -0.2) is 53.1 Å². The minimum Gasteiger partial charge on any atom is -0.369 e. The molecule has 32 heavy (non-hydrogen) atoms. The number of aryl methyl sites for hydroxylation is 2. The van der Waals surface area contributed by atoms with E-state index in [2.05, 4.69) is 55.1 Å². The molecule has 8 heteroatoms. The van der Waals surface area contributed by atoms with Gasteiger partial charge in [-0.15, -0.1) is 0 Å². The van der Waals surface area contributed by atoms with Crippen molar-refractivity contribution in [3.8, 4) is 0 Å². The van der Waals surface area contributed by atoms with E-state index in [1.165, 1.54) is 16.6 Å². The molecule has 2 aromatic carbocycles. The molecule has 1 aliphatic rings. The van der Waals surface area contributed by atoms with Gasteiger partial charge in [0, 0.05) is 55.0 Å². The molecule has 1 saturated heterocycles. The van der Waals surface area contributed by atoms with Gasteiger partial charge in [0.25, 0.3) is 5.56 Å². The van der Waals surface area contributed by atoms with Crippen molar-refractivity contribution in [3.63, 3.8) is 0 Å². The zero-order chi connectivity index (χ0) is 22.7. The van der Waals surface area contributed by atoms with Crippen LogP contribution < -0.4 is 15.8 Å². The summed E-state index contributed by atoms with van der Waals surface area (Å²) in [5.41, 5.74) is 3.52. The second-order valence-electron chi connectivity index (χ2n) is 8.12. The van der Waals surface area contributed by atoms with E-state index in [-0.39, 0.29) is 24.4 Å². The number of rotatable bonds is 6. The van der Waals surface area contributed by atoms with E-state index in [0.29, 0.717) is 10.9 Å². The number of likely N-dealkylation sites (N-methyl/N-ethyl adjacent to an activating group) is 1. The quantitative estimate of drug-likeness (QED) is 0.562. The molecule has 0 bridgehead atoms. The molecule has 1 fully saturated rings. The van der Waals surface area contributed by atoms with Gasteiger partial charge in [-0.2, -0.15) is 0 Å². The third-order valence-corrected chi connectivity index (χ3v) is 6.53. The maximum atomic E-state index is 12.7. The molecule has 0 spiro atoms. The lowest BCUT2D eigenvalue weighted by Crippen LogP contribution is -2.46. The zero-order valence-electron chi connectivity index (χ0n) is 18.5. The first kappa shape index (κ1) is 22.5. The van der Waals surface area contributed by atoms with Crippen LogP contribution in [0.3, 0.4) is 0 Å². The van der Waals surface area contributed by atoms with E-state index in [4.69, 9.17) is 0 Å². The summed E-state index contributed by atoms with van der Waals surface area (Å²) in [4.78, 5) is 34.4. The highest BCUT2D eigenvalue weighted by Crippen LogP contribution is 2.24. The Morgan fingerprint density at radius 3 is 2.62 bits per heavy atom. The number of anilines is 2. The van der Waals surface area contributed by atoms with Gasteiger partial charge in [-0.1, -0.05) is 22.9 Å². The standard InChI is InChI=1S/C24H28BrN5O2/c1-3-28-10-12-29(13-11-28)19-5-7-21(17(2)14-19)27-23(31)8-9-30-16-26-22-6-4-18(25)15-20(22)24(30)32/h4-7,14-16H,3,8-13H2,1-2H3,(H,27,31). The number of halogens is 1. The van der Waals surface area contributed by atoms with Crippen molar-refractivity contribution < 1.29 is 4.79 Å². The Morgan fingerprint density at radius 1 is 1.12 bits per heavy atom. The number of hydrogen-bond acceptors (Lipinski definition) is 5. The van der Waals surface area contributed by atoms with Crippen LogP contribution in [0.2, 0.25) is 0 Å². The Balaban J connectivity index is 1.38. The first-order valence-electron chi connectivity index (χ1n) is 11.0. The lowest BCUT2D eigenvalue weighted by Gasteiger charge is -2.35. The molecule has 3 aromatic rings. The van der Waals surface area contributed by atoms with Crippen LogP contribution in [-0.2, 0) is 11.3 Å². The highest BCUT2D eigenvalue weighted by molar-refractivity contribution is 9.10. The summed E-state index contributed by atoms with van der Waals surface area (Å²) in [7, 11) is 0. The van der Waals surface area contributed by atoms with Crippen molar-refractivity contribution in [3.05, 3.63) is 63.1 Å². The molecule has 2 heterocycles. The van der Waals surface area contributed by atoms with E-state index < -0.39 is 0 Å². The number of piperazine rings is 1. The summed E-state index contributed by atoms with van der Waals surface area (Å²) in [6.45, 7) is 9.77. The van der Waals surface area contributed by atoms with E-state index in [9.17, 15) is 9.59 Å². The van der Waals surface area contributed by atoms with Crippen LogP contribution in [0, 0.1) is 6.92 Å². The van der Waals surface area contributed by atoms with Crippen LogP contribution in [0.4, 0.5) is 11.4 Å². The first-order valence-corrected chi connectivity index (χ1v) is 11.8. The highest BCUT2D eigenvalue weighted by Gasteiger charge is 2.16. The molecule has 7 nitrogen and oxygen atoms in total. The Hall–Kier alpha value is -2.71. The normalized spacial score (nSPS) is 14.7. The third-order valence-electron chi connectivity index (χ3n) is 6.03. The molecule has 0 atom stereocenters. The van der Waals surface area contributed by atoms with Crippen molar-refractivity contribution >= 4 is 44.1 Å². The van der Waals surface area contributed by atoms with Crippen LogP contribution in [0.25, 0.3) is 10.9 Å². The van der Waals surface area contributed by atoms with Crippen molar-refractivity contribution in [2.24, 2.45) is 0 Å². The molecule has 4 rings (SSSR count). The molecular formula is C24H28BrN5O2. The largest absolute Gasteiger partial charge is 0.369 e. The van der Waals surface area contributed by atoms with Crippen molar-refractivity contribution in [1.82, 2.24) is 14.5 Å². The van der Waals surface area contributed by atoms with Gasteiger partial charge in [0.15, 0.2) is 0 Å². The van der Waals surface area contributed by atoms with Gasteiger partial charge in [0.1, 0.15) is 0 Å². The molecule has 0 aliphatic carbocycles. The summed E-state index contributed by atoms with van der Waals surface area (Å²) in [6, 6.07) is 11.6. The zero-order valence-corrected chi connectivity index (χ0v) is 20.1. The summed E-state index contributed by atoms with van der Waals surface area (Å²) < 4.78 is 2.31. The molecule has 1 aliphatic heterocycles. The maximum Gasteiger partial charge on any atom is 0.261 e. The maximum absolute atomic E-state index is 12.7. The number of nitrogens with zero attached hydrogens (tertiary/aromatic N) is 4. The van der Waals surface area contributed by atoms with Crippen molar-refractivity contribution in [1.29, 1.82) is 0 Å². The fourth-order valence-corrected chi connectivity index (χ4v) is 4.39. The minimum atomic E-state index is -0.146. The lowest BCUT2D eigenvalue weighted by molar-refractivity contribution is -0.116. The van der Waals surface area contributed by atoms with Crippen LogP contribution >= 0.6 is 15.9 Å². The predicted octanol–water partition coefficient (Wildman–Crippen LogP) is 3.64. The van der Waals surface area contributed by atoms with Crippen molar-refractivity contribution in [2.75, 3.05) is 42.9 Å². The number of hydrogen-bond donors (Lipinski definition) is 1. The Bertz CT molecular complexity index is 1180. The average Bonchev–Trinajstić information content (AvgIpc) is 2.80. The first-order chi connectivity index (χ1) is 15.4. The number of carbonyl (C=O) groups is 1. The van der Waals surface area contributed by atoms with Crippen molar-refractivity contribution in [2.45, 2.75) is 26.8 Å². The fraction of sp³-hybridized carbons (Fsp3) is 0.375. The molecule has 0 saturated carbocycles. The van der Waals surface area contributed by atoms with Gasteiger partial charge < -0.3 is 15.1 Å². The van der Waals surface area contributed by atoms with Crippen LogP contribution in [0.1, 0.15) is 18.9 Å². The predicted molar refractivity (Wildman–Crippen MR) is 132 cm³/mol. The van der Waals surface area contributed by atoms with Gasteiger partial charge >= 0.3 is 0 Å². The summed E-state index contributed by atoms with van der Waals surface area (Å²) in [5, 5.41) is 3.52. The molecule has 168 valence electrons. The monoisotopic (exact) mass is 497 g/mol. The van der Waals surface area contributed by atoms with Crippen LogP contribution in [0.15, 0.2) is 52.0 Å². The molecule has 1 aromatic heterocycles. The van der Waals surface area contributed by atoms with E-state index in [1.54, 1.807) is 12.1 Å². The number of aromatic nitrogens is 2. The van der Waals surface area contributed by atoms with Gasteiger partial charge in [-0.3, -0.25) is 14.2 Å². The summed E-state index contributed by atoms with van der Waals surface area (Å²) in [5.74, 6) is -0.126. The van der Waals surface area contributed by atoms with E-state index in [0.717, 1.165) is 48.4 Å². The van der Waals surface area contributed by atoms with Crippen LogP contribution in [0.5, 0.6) is 0 Å². The number of fused-ring (bicyclic) bond motifs is 1. The second kappa shape index (κ2) is 9.83. The lowest BCUT2D eigenvalue weighted by atomic mass is 10.1. The molecule has 1 N–H and O–H groups in total. The average molecular weight is 498 g/mol. The van der Waals surface area contributed by atoms with Gasteiger partial charge in [-0.05, 0) is 55.4 Å². The minimum absolute atomic E-state index is 0.126. The third kappa shape index (κ3) is 5.02. The van der Waals surface area contributed by atoms with Gasteiger partial charge in [0.05, 0.1) is 17.2 Å². The highest BCUT2D eigenvalue weighted by atomic mass is 79.9. The molecule has 0 unspecified atom stereocenters. The number of benzene rings is 2. The van der Waals surface area contributed by atoms with Gasteiger partial charge in [-0.25, -0.2) is 4.98 Å². The Labute approximate surface area is 196 Å². The Morgan fingerprint density at radius 2 is 1.91 bits per heavy atom. The van der Waals surface area contributed by atoms with Gasteiger partial charge in [0.2, 0.25) is 5.91 Å². The van der Waals surface area contributed by atoms with E-state index >= 15 is 0 Å². The smallest absolute Gasteiger partial charge is 0.261 e. The van der Waals surface area contributed by atoms with E-state index in [1.807, 2.05) is 19.1 Å². The topological polar surface area (TPSA) is 70.5 Å². The number of carbonyl (C=O) groups excluding carboxylic acids is 1. The number of amides is 1.